The van der Waals surface area contributed by atoms with Gasteiger partial charge in [-0.1, -0.05) is 0 Å². The van der Waals surface area contributed by atoms with Crippen LogP contribution in [-0.2, 0) is 16.1 Å². The maximum absolute atomic E-state index is 11.4. The van der Waals surface area contributed by atoms with E-state index in [4.69, 9.17) is 9.84 Å². The number of rotatable bonds is 3. The molecule has 88 valence electrons. The van der Waals surface area contributed by atoms with E-state index in [1.165, 1.54) is 23.0 Å². The first-order chi connectivity index (χ1) is 7.28. The molecule has 0 atom stereocenters. The summed E-state index contributed by atoms with van der Waals surface area (Å²) in [5.74, 6) is -1.40. The van der Waals surface area contributed by atoms with Gasteiger partial charge in [0.15, 0.2) is 0 Å². The molecule has 0 amide bonds. The Balaban J connectivity index is 2.60. The molecule has 1 N–H and O–H groups in total. The number of hydrogen-bond acceptors (Lipinski definition) is 3. The number of aromatic carboxylic acids is 1. The number of carbonyl (C=O) groups excluding carboxylic acids is 1. The van der Waals surface area contributed by atoms with E-state index in [2.05, 4.69) is 0 Å². The minimum atomic E-state index is -1.01. The molecule has 0 aliphatic heterocycles. The molecule has 1 aromatic heterocycles. The molecule has 0 spiro atoms. The van der Waals surface area contributed by atoms with E-state index in [1.807, 2.05) is 0 Å². The molecule has 0 saturated heterocycles. The van der Waals surface area contributed by atoms with E-state index in [0.717, 1.165) is 0 Å². The van der Waals surface area contributed by atoms with Gasteiger partial charge in [-0.3, -0.25) is 4.79 Å². The molecule has 0 radical (unpaired) electrons. The molecule has 0 unspecified atom stereocenters. The van der Waals surface area contributed by atoms with Crippen LogP contribution in [0.4, 0.5) is 0 Å². The van der Waals surface area contributed by atoms with Gasteiger partial charge in [0, 0.05) is 12.4 Å². The Morgan fingerprint density at radius 1 is 1.44 bits per heavy atom. The largest absolute Gasteiger partial charge is 0.478 e. The number of carboxylic acid groups (broad SMARTS) is 1. The first-order valence-electron chi connectivity index (χ1n) is 4.89. The van der Waals surface area contributed by atoms with Crippen molar-refractivity contribution in [2.75, 3.05) is 0 Å². The first kappa shape index (κ1) is 12.3. The van der Waals surface area contributed by atoms with Gasteiger partial charge in [0.1, 0.15) is 12.1 Å². The van der Waals surface area contributed by atoms with Gasteiger partial charge in [-0.2, -0.15) is 0 Å². The van der Waals surface area contributed by atoms with Crippen LogP contribution in [0.2, 0.25) is 0 Å². The molecule has 1 rings (SSSR count). The van der Waals surface area contributed by atoms with Crippen LogP contribution in [0.5, 0.6) is 0 Å². The molecule has 0 saturated carbocycles. The molecule has 1 heterocycles. The summed E-state index contributed by atoms with van der Waals surface area (Å²) < 4.78 is 6.59. The molecule has 0 aliphatic carbocycles. The number of carbonyl (C=O) groups is 2. The second-order valence-corrected chi connectivity index (χ2v) is 4.46. The number of esters is 1. The Bertz CT molecular complexity index is 400. The van der Waals surface area contributed by atoms with Crippen molar-refractivity contribution in [3.05, 3.63) is 24.0 Å². The predicted molar refractivity (Wildman–Crippen MR) is 57.2 cm³/mol. The van der Waals surface area contributed by atoms with Gasteiger partial charge in [0.25, 0.3) is 0 Å². The second-order valence-electron chi connectivity index (χ2n) is 4.46. The van der Waals surface area contributed by atoms with E-state index in [-0.39, 0.29) is 18.1 Å². The van der Waals surface area contributed by atoms with E-state index in [1.54, 1.807) is 20.8 Å². The Hall–Kier alpha value is -1.78. The number of hydrogen-bond donors (Lipinski definition) is 1. The smallest absolute Gasteiger partial charge is 0.337 e. The van der Waals surface area contributed by atoms with Crippen LogP contribution in [-0.4, -0.2) is 27.2 Å². The average Bonchev–Trinajstić information content (AvgIpc) is 2.48. The van der Waals surface area contributed by atoms with Gasteiger partial charge in [-0.15, -0.1) is 0 Å². The number of nitrogens with zero attached hydrogens (tertiary/aromatic N) is 1. The average molecular weight is 225 g/mol. The molecule has 0 bridgehead atoms. The maximum atomic E-state index is 11.4. The third-order valence-corrected chi connectivity index (χ3v) is 1.73. The van der Waals surface area contributed by atoms with Crippen LogP contribution in [0, 0.1) is 0 Å². The normalized spacial score (nSPS) is 11.2. The second kappa shape index (κ2) is 4.38. The van der Waals surface area contributed by atoms with E-state index >= 15 is 0 Å². The van der Waals surface area contributed by atoms with Gasteiger partial charge >= 0.3 is 11.9 Å². The summed E-state index contributed by atoms with van der Waals surface area (Å²) in [5, 5.41) is 8.69. The molecular weight excluding hydrogens is 210 g/mol. The number of carboxylic acids is 1. The maximum Gasteiger partial charge on any atom is 0.337 e. The third-order valence-electron chi connectivity index (χ3n) is 1.73. The highest BCUT2D eigenvalue weighted by Crippen LogP contribution is 2.08. The van der Waals surface area contributed by atoms with Crippen molar-refractivity contribution in [1.82, 2.24) is 4.57 Å². The molecule has 0 fully saturated rings. The predicted octanol–water partition coefficient (Wildman–Crippen LogP) is 1.53. The van der Waals surface area contributed by atoms with Gasteiger partial charge < -0.3 is 14.4 Å². The molecule has 5 heteroatoms. The Morgan fingerprint density at radius 3 is 2.50 bits per heavy atom. The molecule has 0 aliphatic rings. The summed E-state index contributed by atoms with van der Waals surface area (Å²) in [7, 11) is 0. The van der Waals surface area contributed by atoms with Gasteiger partial charge in [0.05, 0.1) is 5.56 Å². The zero-order valence-corrected chi connectivity index (χ0v) is 9.56. The summed E-state index contributed by atoms with van der Waals surface area (Å²) in [6, 6.07) is 1.44. The summed E-state index contributed by atoms with van der Waals surface area (Å²) in [5.41, 5.74) is -0.372. The van der Waals surface area contributed by atoms with E-state index in [0.29, 0.717) is 0 Å². The minimum absolute atomic E-state index is 0.0184. The Morgan fingerprint density at radius 2 is 2.06 bits per heavy atom. The molecule has 1 aromatic rings. The Kier molecular flexibility index (Phi) is 3.37. The highest BCUT2D eigenvalue weighted by molar-refractivity contribution is 5.87. The molecule has 0 aromatic carbocycles. The van der Waals surface area contributed by atoms with Crippen LogP contribution >= 0.6 is 0 Å². The first-order valence-corrected chi connectivity index (χ1v) is 4.89. The number of aromatic nitrogens is 1. The van der Waals surface area contributed by atoms with Crippen molar-refractivity contribution in [3.8, 4) is 0 Å². The summed E-state index contributed by atoms with van der Waals surface area (Å²) in [4.78, 5) is 22.0. The lowest BCUT2D eigenvalue weighted by atomic mass is 10.2. The fraction of sp³-hybridized carbons (Fsp3) is 0.455. The SMILES string of the molecule is CC(C)(C)OC(=O)Cn1ccc(C(=O)O)c1. The fourth-order valence-corrected chi connectivity index (χ4v) is 1.19. The Labute approximate surface area is 93.6 Å². The summed E-state index contributed by atoms with van der Waals surface area (Å²) in [6.45, 7) is 5.36. The van der Waals surface area contributed by atoms with Crippen molar-refractivity contribution >= 4 is 11.9 Å². The van der Waals surface area contributed by atoms with Crippen LogP contribution in [0.1, 0.15) is 31.1 Å². The zero-order valence-electron chi connectivity index (χ0n) is 9.56. The van der Waals surface area contributed by atoms with Gasteiger partial charge in [0.2, 0.25) is 0 Å². The quantitative estimate of drug-likeness (QED) is 0.792. The summed E-state index contributed by atoms with van der Waals surface area (Å²) >= 11 is 0. The monoisotopic (exact) mass is 225 g/mol. The van der Waals surface area contributed by atoms with Crippen LogP contribution in [0.25, 0.3) is 0 Å². The van der Waals surface area contributed by atoms with Crippen molar-refractivity contribution in [3.63, 3.8) is 0 Å². The lowest BCUT2D eigenvalue weighted by Gasteiger charge is -2.19. The standard InChI is InChI=1S/C11H15NO4/c1-11(2,3)16-9(13)7-12-5-4-8(6-12)10(14)15/h4-6H,7H2,1-3H3,(H,14,15). The molecular formula is C11H15NO4. The van der Waals surface area contributed by atoms with Crippen LogP contribution < -0.4 is 0 Å². The van der Waals surface area contributed by atoms with Crippen molar-refractivity contribution in [2.24, 2.45) is 0 Å². The van der Waals surface area contributed by atoms with Crippen LogP contribution in [0.15, 0.2) is 18.5 Å². The third kappa shape index (κ3) is 3.76. The van der Waals surface area contributed by atoms with E-state index < -0.39 is 11.6 Å². The zero-order chi connectivity index (χ0) is 12.3. The van der Waals surface area contributed by atoms with Crippen molar-refractivity contribution < 1.29 is 19.4 Å². The summed E-state index contributed by atoms with van der Waals surface area (Å²) in [6.07, 6.45) is 2.93. The fourth-order valence-electron chi connectivity index (χ4n) is 1.19. The lowest BCUT2D eigenvalue weighted by Crippen LogP contribution is -2.26. The topological polar surface area (TPSA) is 68.5 Å². The van der Waals surface area contributed by atoms with Crippen LogP contribution in [0.3, 0.4) is 0 Å². The minimum Gasteiger partial charge on any atom is -0.478 e. The van der Waals surface area contributed by atoms with Crippen molar-refractivity contribution in [1.29, 1.82) is 0 Å². The number of ether oxygens (including phenoxy) is 1. The van der Waals surface area contributed by atoms with Gasteiger partial charge in [-0.25, -0.2) is 4.79 Å². The van der Waals surface area contributed by atoms with Gasteiger partial charge in [-0.05, 0) is 26.8 Å². The highest BCUT2D eigenvalue weighted by atomic mass is 16.6. The van der Waals surface area contributed by atoms with E-state index in [9.17, 15) is 9.59 Å². The lowest BCUT2D eigenvalue weighted by molar-refractivity contribution is -0.155. The molecule has 5 nitrogen and oxygen atoms in total. The molecule has 16 heavy (non-hydrogen) atoms. The highest BCUT2D eigenvalue weighted by Gasteiger charge is 2.16. The van der Waals surface area contributed by atoms with Crippen molar-refractivity contribution in [2.45, 2.75) is 32.9 Å².